The molecule has 2 N–H and O–H groups in total. The number of aryl methyl sites for hydroxylation is 1. The second-order valence-electron chi connectivity index (χ2n) is 6.90. The Morgan fingerprint density at radius 1 is 0.893 bits per heavy atom. The molecule has 0 aliphatic rings. The lowest BCUT2D eigenvalue weighted by atomic mass is 10.1. The van der Waals surface area contributed by atoms with E-state index in [-0.39, 0.29) is 11.8 Å². The molecule has 0 saturated heterocycles. The fourth-order valence-electron chi connectivity index (χ4n) is 3.36. The molecule has 140 valence electrons. The maximum Gasteiger partial charge on any atom is 0.224 e. The molecule has 0 unspecified atom stereocenters. The number of amides is 1. The van der Waals surface area contributed by atoms with Crippen LogP contribution in [0.3, 0.4) is 0 Å². The van der Waals surface area contributed by atoms with E-state index in [9.17, 15) is 9.90 Å². The van der Waals surface area contributed by atoms with Crippen LogP contribution in [0, 0.1) is 0 Å². The first-order chi connectivity index (χ1) is 13.7. The predicted molar refractivity (Wildman–Crippen MR) is 113 cm³/mol. The molecule has 0 atom stereocenters. The lowest BCUT2D eigenvalue weighted by Gasteiger charge is -2.06. The number of aromatic nitrogens is 1. The van der Waals surface area contributed by atoms with Gasteiger partial charge in [-0.1, -0.05) is 60.7 Å². The van der Waals surface area contributed by atoms with E-state index in [1.807, 2.05) is 89.6 Å². The summed E-state index contributed by atoms with van der Waals surface area (Å²) in [5, 5.41) is 15.1. The van der Waals surface area contributed by atoms with Crippen LogP contribution in [0.2, 0.25) is 0 Å². The second kappa shape index (κ2) is 8.01. The van der Waals surface area contributed by atoms with Gasteiger partial charge in [-0.15, -0.1) is 0 Å². The second-order valence-corrected chi connectivity index (χ2v) is 6.90. The minimum Gasteiger partial charge on any atom is -0.494 e. The molecule has 0 spiro atoms. The first-order valence-corrected chi connectivity index (χ1v) is 9.38. The summed E-state index contributed by atoms with van der Waals surface area (Å²) in [6, 6.07) is 25.6. The number of benzene rings is 3. The number of anilines is 1. The van der Waals surface area contributed by atoms with Crippen LogP contribution in [-0.4, -0.2) is 15.6 Å². The number of hydrogen-bond donors (Lipinski definition) is 2. The van der Waals surface area contributed by atoms with E-state index >= 15 is 0 Å². The van der Waals surface area contributed by atoms with Crippen LogP contribution in [0.25, 0.3) is 10.8 Å². The van der Waals surface area contributed by atoms with E-state index in [4.69, 9.17) is 0 Å². The molecule has 4 heteroatoms. The Labute approximate surface area is 164 Å². The predicted octanol–water partition coefficient (Wildman–Crippen LogP) is 4.97. The third kappa shape index (κ3) is 4.07. The zero-order chi connectivity index (χ0) is 19.3. The number of aromatic hydroxyl groups is 1. The molecular formula is C24H22N2O2. The Morgan fingerprint density at radius 3 is 2.29 bits per heavy atom. The highest BCUT2D eigenvalue weighted by Crippen LogP contribution is 2.30. The minimum absolute atomic E-state index is 0.0175. The molecule has 3 aromatic carbocycles. The molecule has 1 amide bonds. The first kappa shape index (κ1) is 17.9. The van der Waals surface area contributed by atoms with Gasteiger partial charge in [0.15, 0.2) is 5.88 Å². The normalized spacial score (nSPS) is 10.9. The molecule has 1 aromatic heterocycles. The summed E-state index contributed by atoms with van der Waals surface area (Å²) in [5.41, 5.74) is 3.01. The van der Waals surface area contributed by atoms with Crippen LogP contribution in [0.5, 0.6) is 5.88 Å². The van der Waals surface area contributed by atoms with Gasteiger partial charge in [0, 0.05) is 29.1 Å². The van der Waals surface area contributed by atoms with E-state index < -0.39 is 0 Å². The van der Waals surface area contributed by atoms with Gasteiger partial charge in [-0.3, -0.25) is 4.79 Å². The van der Waals surface area contributed by atoms with Crippen molar-refractivity contribution < 1.29 is 9.90 Å². The molecule has 0 bridgehead atoms. The lowest BCUT2D eigenvalue weighted by molar-refractivity contribution is -0.116. The van der Waals surface area contributed by atoms with Crippen LogP contribution in [0.15, 0.2) is 85.1 Å². The van der Waals surface area contributed by atoms with E-state index in [0.717, 1.165) is 27.6 Å². The van der Waals surface area contributed by atoms with Crippen LogP contribution in [-0.2, 0) is 17.8 Å². The topological polar surface area (TPSA) is 54.3 Å². The molecule has 0 aliphatic heterocycles. The number of hydrogen-bond acceptors (Lipinski definition) is 2. The molecule has 0 aliphatic carbocycles. The van der Waals surface area contributed by atoms with Crippen LogP contribution in [0.1, 0.15) is 17.5 Å². The maximum atomic E-state index is 12.3. The van der Waals surface area contributed by atoms with Crippen molar-refractivity contribution in [3.8, 4) is 5.88 Å². The van der Waals surface area contributed by atoms with Gasteiger partial charge in [0.05, 0.1) is 6.54 Å². The fourth-order valence-corrected chi connectivity index (χ4v) is 3.36. The molecule has 0 fully saturated rings. The lowest BCUT2D eigenvalue weighted by Crippen LogP contribution is -2.12. The van der Waals surface area contributed by atoms with E-state index in [2.05, 4.69) is 5.32 Å². The number of rotatable bonds is 6. The Morgan fingerprint density at radius 2 is 1.57 bits per heavy atom. The van der Waals surface area contributed by atoms with Crippen molar-refractivity contribution in [1.82, 2.24) is 4.57 Å². The Hall–Kier alpha value is -3.53. The van der Waals surface area contributed by atoms with Crippen molar-refractivity contribution in [3.05, 3.63) is 96.2 Å². The number of nitrogens with zero attached hydrogens (tertiary/aromatic N) is 1. The molecule has 4 nitrogen and oxygen atoms in total. The van der Waals surface area contributed by atoms with Crippen LogP contribution >= 0.6 is 0 Å². The first-order valence-electron chi connectivity index (χ1n) is 9.38. The van der Waals surface area contributed by atoms with Crippen molar-refractivity contribution in [2.75, 3.05) is 5.32 Å². The van der Waals surface area contributed by atoms with Crippen molar-refractivity contribution in [1.29, 1.82) is 0 Å². The van der Waals surface area contributed by atoms with Crippen LogP contribution in [0.4, 0.5) is 5.69 Å². The molecule has 1 heterocycles. The molecule has 28 heavy (non-hydrogen) atoms. The van der Waals surface area contributed by atoms with Gasteiger partial charge in [0.1, 0.15) is 0 Å². The SMILES string of the molecule is O=C(CCc1ccccc1)Nc1ccc2c(O)n(Cc3ccccc3)cc2c1. The van der Waals surface area contributed by atoms with Gasteiger partial charge in [-0.25, -0.2) is 0 Å². The third-order valence-electron chi connectivity index (χ3n) is 4.82. The summed E-state index contributed by atoms with van der Waals surface area (Å²) < 4.78 is 1.82. The molecule has 4 rings (SSSR count). The summed E-state index contributed by atoms with van der Waals surface area (Å²) in [4.78, 5) is 12.3. The summed E-state index contributed by atoms with van der Waals surface area (Å²) in [6.45, 7) is 0.597. The number of carbonyl (C=O) groups excluding carboxylic acids is 1. The Balaban J connectivity index is 1.46. The highest BCUT2D eigenvalue weighted by Gasteiger charge is 2.10. The Bertz CT molecular complexity index is 1090. The maximum absolute atomic E-state index is 12.3. The quantitative estimate of drug-likeness (QED) is 0.504. The highest BCUT2D eigenvalue weighted by molar-refractivity contribution is 5.96. The summed E-state index contributed by atoms with van der Waals surface area (Å²) in [6.07, 6.45) is 3.06. The van der Waals surface area contributed by atoms with E-state index in [1.54, 1.807) is 0 Å². The Kier molecular flexibility index (Phi) is 5.11. The summed E-state index contributed by atoms with van der Waals surface area (Å²) >= 11 is 0. The van der Waals surface area contributed by atoms with Crippen molar-refractivity contribution in [2.45, 2.75) is 19.4 Å². The van der Waals surface area contributed by atoms with Crippen molar-refractivity contribution >= 4 is 22.4 Å². The smallest absolute Gasteiger partial charge is 0.224 e. The average Bonchev–Trinajstić information content (AvgIpc) is 3.03. The number of carbonyl (C=O) groups is 1. The third-order valence-corrected chi connectivity index (χ3v) is 4.82. The van der Waals surface area contributed by atoms with E-state index in [0.29, 0.717) is 19.4 Å². The largest absolute Gasteiger partial charge is 0.494 e. The van der Waals surface area contributed by atoms with Gasteiger partial charge in [-0.2, -0.15) is 0 Å². The summed E-state index contributed by atoms with van der Waals surface area (Å²) in [5.74, 6) is 0.219. The van der Waals surface area contributed by atoms with Crippen LogP contribution < -0.4 is 5.32 Å². The standard InChI is InChI=1S/C24H22N2O2/c27-23(14-11-18-7-3-1-4-8-18)25-21-12-13-22-20(15-21)17-26(24(22)28)16-19-9-5-2-6-10-19/h1-10,12-13,15,17,28H,11,14,16H2,(H,25,27). The average molecular weight is 370 g/mol. The number of nitrogens with one attached hydrogen (secondary N) is 1. The highest BCUT2D eigenvalue weighted by atomic mass is 16.3. The van der Waals surface area contributed by atoms with Gasteiger partial charge < -0.3 is 15.0 Å². The van der Waals surface area contributed by atoms with Crippen molar-refractivity contribution in [2.24, 2.45) is 0 Å². The minimum atomic E-state index is -0.0175. The number of fused-ring (bicyclic) bond motifs is 1. The molecule has 0 radical (unpaired) electrons. The molecular weight excluding hydrogens is 348 g/mol. The summed E-state index contributed by atoms with van der Waals surface area (Å²) in [7, 11) is 0. The van der Waals surface area contributed by atoms with Gasteiger partial charge >= 0.3 is 0 Å². The monoisotopic (exact) mass is 370 g/mol. The molecule has 0 saturated carbocycles. The van der Waals surface area contributed by atoms with Gasteiger partial charge in [-0.05, 0) is 35.7 Å². The van der Waals surface area contributed by atoms with Gasteiger partial charge in [0.25, 0.3) is 0 Å². The zero-order valence-electron chi connectivity index (χ0n) is 15.5. The molecule has 4 aromatic rings. The van der Waals surface area contributed by atoms with Crippen molar-refractivity contribution in [3.63, 3.8) is 0 Å². The van der Waals surface area contributed by atoms with Gasteiger partial charge in [0.2, 0.25) is 5.91 Å². The fraction of sp³-hybridized carbons (Fsp3) is 0.125. The zero-order valence-corrected chi connectivity index (χ0v) is 15.5. The van der Waals surface area contributed by atoms with E-state index in [1.165, 1.54) is 0 Å².